The first-order valence-corrected chi connectivity index (χ1v) is 5.88. The van der Waals surface area contributed by atoms with Crippen molar-refractivity contribution in [2.75, 3.05) is 13.1 Å². The first kappa shape index (κ1) is 13.5. The van der Waals surface area contributed by atoms with Gasteiger partial charge in [0.25, 0.3) is 0 Å². The lowest BCUT2D eigenvalue weighted by molar-refractivity contribution is -0.145. The molecule has 0 spiro atoms. The van der Waals surface area contributed by atoms with Crippen LogP contribution in [0, 0.1) is 5.82 Å². The number of benzene rings is 1. The summed E-state index contributed by atoms with van der Waals surface area (Å²) in [6, 6.07) is 4.10. The molecule has 0 bridgehead atoms. The summed E-state index contributed by atoms with van der Waals surface area (Å²) in [7, 11) is 0. The van der Waals surface area contributed by atoms with Gasteiger partial charge >= 0.3 is 0 Å². The largest absolute Gasteiger partial charge is 0.324 e. The predicted octanol–water partition coefficient (Wildman–Crippen LogP) is 0.507. The number of carbonyl (C=O) groups is 3. The van der Waals surface area contributed by atoms with Crippen molar-refractivity contribution in [3.8, 4) is 0 Å². The first-order chi connectivity index (χ1) is 8.97. The van der Waals surface area contributed by atoms with Gasteiger partial charge in [-0.1, -0.05) is 17.7 Å². The molecule has 1 saturated heterocycles. The van der Waals surface area contributed by atoms with E-state index in [2.05, 4.69) is 5.32 Å². The lowest BCUT2D eigenvalue weighted by atomic mass is 10.1. The van der Waals surface area contributed by atoms with Crippen LogP contribution in [0.2, 0.25) is 5.02 Å². The van der Waals surface area contributed by atoms with Crippen molar-refractivity contribution in [1.29, 1.82) is 0 Å². The summed E-state index contributed by atoms with van der Waals surface area (Å²) < 4.78 is 13.5. The number of imide groups is 1. The van der Waals surface area contributed by atoms with E-state index in [0.29, 0.717) is 0 Å². The standard InChI is InChI=1S/C12H10ClFN2O3/c13-8-2-1-3-9(14)7(8)4-12(19)16-5-10(17)15-11(18)6-16/h1-3H,4-6H2,(H,15,17,18). The number of rotatable bonds is 2. The third kappa shape index (κ3) is 3.08. The third-order valence-corrected chi connectivity index (χ3v) is 3.04. The van der Waals surface area contributed by atoms with E-state index in [-0.39, 0.29) is 30.1 Å². The van der Waals surface area contributed by atoms with Crippen LogP contribution in [0.3, 0.4) is 0 Å². The summed E-state index contributed by atoms with van der Waals surface area (Å²) >= 11 is 5.81. The molecule has 1 heterocycles. The van der Waals surface area contributed by atoms with Crippen LogP contribution in [0.25, 0.3) is 0 Å². The Kier molecular flexibility index (Phi) is 3.80. The summed E-state index contributed by atoms with van der Waals surface area (Å²) in [6.07, 6.45) is -0.286. The van der Waals surface area contributed by atoms with E-state index >= 15 is 0 Å². The molecule has 0 aromatic heterocycles. The quantitative estimate of drug-likeness (QED) is 0.805. The van der Waals surface area contributed by atoms with E-state index in [1.807, 2.05) is 0 Å². The van der Waals surface area contributed by atoms with Crippen LogP contribution in [-0.2, 0) is 20.8 Å². The van der Waals surface area contributed by atoms with Gasteiger partial charge in [0.2, 0.25) is 17.7 Å². The Balaban J connectivity index is 2.13. The number of nitrogens with zero attached hydrogens (tertiary/aromatic N) is 1. The highest BCUT2D eigenvalue weighted by Crippen LogP contribution is 2.20. The van der Waals surface area contributed by atoms with Crippen molar-refractivity contribution in [1.82, 2.24) is 10.2 Å². The van der Waals surface area contributed by atoms with Gasteiger partial charge in [-0.3, -0.25) is 19.7 Å². The van der Waals surface area contributed by atoms with E-state index < -0.39 is 23.5 Å². The summed E-state index contributed by atoms with van der Waals surface area (Å²) in [5.74, 6) is -2.21. The molecular weight excluding hydrogens is 275 g/mol. The SMILES string of the molecule is O=C1CN(C(=O)Cc2c(F)cccc2Cl)CC(=O)N1. The minimum atomic E-state index is -0.589. The number of halogens is 2. The minimum Gasteiger partial charge on any atom is -0.324 e. The fraction of sp³-hybridized carbons (Fsp3) is 0.250. The number of carbonyl (C=O) groups excluding carboxylic acids is 3. The van der Waals surface area contributed by atoms with E-state index in [4.69, 9.17) is 11.6 Å². The smallest absolute Gasteiger partial charge is 0.246 e. The van der Waals surface area contributed by atoms with E-state index in [9.17, 15) is 18.8 Å². The molecule has 100 valence electrons. The van der Waals surface area contributed by atoms with Gasteiger partial charge in [-0.05, 0) is 12.1 Å². The van der Waals surface area contributed by atoms with Gasteiger partial charge in [0.05, 0.1) is 6.42 Å². The van der Waals surface area contributed by atoms with Crippen molar-refractivity contribution in [2.24, 2.45) is 0 Å². The molecule has 0 radical (unpaired) electrons. The number of hydrogen-bond acceptors (Lipinski definition) is 3. The third-order valence-electron chi connectivity index (χ3n) is 2.69. The normalized spacial score (nSPS) is 15.4. The fourth-order valence-corrected chi connectivity index (χ4v) is 2.01. The van der Waals surface area contributed by atoms with Crippen LogP contribution >= 0.6 is 11.6 Å². The van der Waals surface area contributed by atoms with E-state index in [1.54, 1.807) is 0 Å². The van der Waals surface area contributed by atoms with Crippen molar-refractivity contribution < 1.29 is 18.8 Å². The van der Waals surface area contributed by atoms with Gasteiger partial charge in [-0.2, -0.15) is 0 Å². The molecule has 3 amide bonds. The highest BCUT2D eigenvalue weighted by atomic mass is 35.5. The maximum absolute atomic E-state index is 13.5. The van der Waals surface area contributed by atoms with Crippen molar-refractivity contribution in [3.63, 3.8) is 0 Å². The Morgan fingerprint density at radius 3 is 2.53 bits per heavy atom. The zero-order chi connectivity index (χ0) is 14.0. The molecule has 1 aliphatic rings. The Hall–Kier alpha value is -1.95. The van der Waals surface area contributed by atoms with Crippen molar-refractivity contribution in [3.05, 3.63) is 34.6 Å². The monoisotopic (exact) mass is 284 g/mol. The molecule has 1 N–H and O–H groups in total. The Bertz CT molecular complexity index is 526. The lowest BCUT2D eigenvalue weighted by Crippen LogP contribution is -2.53. The van der Waals surface area contributed by atoms with Crippen LogP contribution in [0.4, 0.5) is 4.39 Å². The molecule has 2 rings (SSSR count). The molecule has 1 aliphatic heterocycles. The van der Waals surface area contributed by atoms with Crippen LogP contribution in [0.15, 0.2) is 18.2 Å². The second-order valence-electron chi connectivity index (χ2n) is 4.10. The number of nitrogens with one attached hydrogen (secondary N) is 1. The van der Waals surface area contributed by atoms with Gasteiger partial charge < -0.3 is 4.90 Å². The molecule has 1 aromatic carbocycles. The molecule has 1 aromatic rings. The molecule has 0 atom stereocenters. The summed E-state index contributed by atoms with van der Waals surface area (Å²) in [4.78, 5) is 35.3. The topological polar surface area (TPSA) is 66.5 Å². The molecule has 0 unspecified atom stereocenters. The predicted molar refractivity (Wildman–Crippen MR) is 64.8 cm³/mol. The second kappa shape index (κ2) is 5.36. The van der Waals surface area contributed by atoms with Gasteiger partial charge in [0.1, 0.15) is 18.9 Å². The average Bonchev–Trinajstić information content (AvgIpc) is 2.32. The van der Waals surface area contributed by atoms with Gasteiger partial charge in [-0.25, -0.2) is 4.39 Å². The summed E-state index contributed by atoms with van der Waals surface area (Å²) in [5, 5.41) is 2.22. The van der Waals surface area contributed by atoms with Gasteiger partial charge in [0.15, 0.2) is 0 Å². The highest BCUT2D eigenvalue weighted by Gasteiger charge is 2.27. The zero-order valence-electron chi connectivity index (χ0n) is 9.78. The van der Waals surface area contributed by atoms with E-state index in [0.717, 1.165) is 4.90 Å². The zero-order valence-corrected chi connectivity index (χ0v) is 10.5. The van der Waals surface area contributed by atoms with Gasteiger partial charge in [-0.15, -0.1) is 0 Å². The molecule has 0 aliphatic carbocycles. The Morgan fingerprint density at radius 2 is 1.95 bits per heavy atom. The summed E-state index contributed by atoms with van der Waals surface area (Å²) in [6.45, 7) is -0.423. The fourth-order valence-electron chi connectivity index (χ4n) is 1.78. The Labute approximate surface area is 113 Å². The van der Waals surface area contributed by atoms with Crippen molar-refractivity contribution in [2.45, 2.75) is 6.42 Å². The number of piperazine rings is 1. The van der Waals surface area contributed by atoms with Gasteiger partial charge in [0, 0.05) is 10.6 Å². The van der Waals surface area contributed by atoms with Crippen molar-refractivity contribution >= 4 is 29.3 Å². The highest BCUT2D eigenvalue weighted by molar-refractivity contribution is 6.31. The lowest BCUT2D eigenvalue weighted by Gasteiger charge is -2.25. The maximum atomic E-state index is 13.5. The molecular formula is C12H10ClFN2O3. The van der Waals surface area contributed by atoms with Crippen LogP contribution in [-0.4, -0.2) is 35.7 Å². The summed E-state index contributed by atoms with van der Waals surface area (Å²) in [5.41, 5.74) is 0.0626. The maximum Gasteiger partial charge on any atom is 0.246 e. The molecule has 1 fully saturated rings. The molecule has 5 nitrogen and oxygen atoms in total. The number of amides is 3. The van der Waals surface area contributed by atoms with Crippen LogP contribution in [0.1, 0.15) is 5.56 Å². The molecule has 0 saturated carbocycles. The van der Waals surface area contributed by atoms with Crippen LogP contribution < -0.4 is 5.32 Å². The van der Waals surface area contributed by atoms with Crippen LogP contribution in [0.5, 0.6) is 0 Å². The molecule has 19 heavy (non-hydrogen) atoms. The second-order valence-corrected chi connectivity index (χ2v) is 4.51. The number of hydrogen-bond donors (Lipinski definition) is 1. The van der Waals surface area contributed by atoms with E-state index in [1.165, 1.54) is 18.2 Å². The average molecular weight is 285 g/mol. The minimum absolute atomic E-state index is 0.0626. The molecule has 7 heteroatoms. The Morgan fingerprint density at radius 1 is 1.32 bits per heavy atom. The first-order valence-electron chi connectivity index (χ1n) is 5.50.